The normalized spacial score (nSPS) is 14.3. The van der Waals surface area contributed by atoms with Crippen LogP contribution < -0.4 is 0 Å². The van der Waals surface area contributed by atoms with Gasteiger partial charge in [0.05, 0.1) is 11.1 Å². The van der Waals surface area contributed by atoms with E-state index in [0.29, 0.717) is 34.9 Å². The Morgan fingerprint density at radius 2 is 0.435 bits per heavy atom. The van der Waals surface area contributed by atoms with Gasteiger partial charge in [-0.25, -0.2) is 29.9 Å². The van der Waals surface area contributed by atoms with E-state index in [2.05, 4.69) is 243 Å². The summed E-state index contributed by atoms with van der Waals surface area (Å²) < 4.78 is 25.5. The molecule has 10 nitrogen and oxygen atoms in total. The lowest BCUT2D eigenvalue weighted by molar-refractivity contribution is 0.353. The molecule has 4 aliphatic rings. The van der Waals surface area contributed by atoms with Gasteiger partial charge in [0, 0.05) is 76.2 Å². The van der Waals surface area contributed by atoms with E-state index in [4.69, 9.17) is 47.6 Å². The molecule has 0 radical (unpaired) electrons. The highest BCUT2D eigenvalue weighted by molar-refractivity contribution is 6.12. The molecular weight excluding hydrogens is 1520 g/mol. The van der Waals surface area contributed by atoms with Crippen LogP contribution in [0, 0.1) is 0 Å². The van der Waals surface area contributed by atoms with Crippen molar-refractivity contribution in [3.8, 4) is 135 Å². The molecule has 0 aliphatic heterocycles. The molecule has 0 N–H and O–H groups in total. The van der Waals surface area contributed by atoms with Crippen LogP contribution in [-0.2, 0) is 10.8 Å². The van der Waals surface area contributed by atoms with Crippen molar-refractivity contribution >= 4 is 87.8 Å². The lowest BCUT2D eigenvalue weighted by Crippen LogP contribution is -2.27. The van der Waals surface area contributed by atoms with Crippen LogP contribution in [0.25, 0.3) is 223 Å². The van der Waals surface area contributed by atoms with E-state index in [0.717, 1.165) is 143 Å². The molecule has 2 spiro atoms. The molecule has 22 aromatic rings. The second kappa shape index (κ2) is 28.7. The third-order valence-electron chi connectivity index (χ3n) is 27.2. The van der Waals surface area contributed by atoms with Gasteiger partial charge in [0.15, 0.2) is 34.9 Å². The number of rotatable bonds is 10. The minimum absolute atomic E-state index is 0.175. The van der Waals surface area contributed by atoms with Crippen molar-refractivity contribution in [3.63, 3.8) is 0 Å². The van der Waals surface area contributed by atoms with Gasteiger partial charge in [0.25, 0.3) is 0 Å². The van der Waals surface area contributed by atoms with Gasteiger partial charge in [-0.05, 0) is 187 Å². The molecular formula is C114H78N6O4. The maximum absolute atomic E-state index is 6.48. The average molecular weight is 1600 g/mol. The molecule has 0 amide bonds. The molecule has 2 fully saturated rings. The first kappa shape index (κ1) is 71.6. The van der Waals surface area contributed by atoms with Crippen molar-refractivity contribution in [3.05, 3.63) is 374 Å². The lowest BCUT2D eigenvalue weighted by Gasteiger charge is -2.36. The number of furan rings is 4. The fourth-order valence-electron chi connectivity index (χ4n) is 21.1. The topological polar surface area (TPSA) is 130 Å². The van der Waals surface area contributed by atoms with E-state index in [9.17, 15) is 0 Å². The summed E-state index contributed by atoms with van der Waals surface area (Å²) in [6.45, 7) is 0. The summed E-state index contributed by atoms with van der Waals surface area (Å²) in [6.07, 6.45) is 12.9. The molecule has 2 saturated carbocycles. The molecule has 0 atom stereocenters. The Labute approximate surface area is 714 Å². The number of benzene rings is 16. The highest BCUT2D eigenvalue weighted by atomic mass is 16.3. The molecule has 6 heterocycles. The Balaban J connectivity index is 0.000000136. The van der Waals surface area contributed by atoms with E-state index >= 15 is 0 Å². The minimum atomic E-state index is 0.175. The van der Waals surface area contributed by atoms with Crippen molar-refractivity contribution in [2.45, 2.75) is 75.0 Å². The molecule has 0 bridgehead atoms. The summed E-state index contributed by atoms with van der Waals surface area (Å²) >= 11 is 0. The van der Waals surface area contributed by atoms with Crippen molar-refractivity contribution < 1.29 is 17.7 Å². The maximum atomic E-state index is 6.48. The average Bonchev–Trinajstić information content (AvgIpc) is 1.56. The fraction of sp³-hybridized carbons (Fsp3) is 0.105. The number of nitrogens with zero attached hydrogens (tertiary/aromatic N) is 6. The predicted molar refractivity (Wildman–Crippen MR) is 502 cm³/mol. The van der Waals surface area contributed by atoms with Crippen molar-refractivity contribution in [2.75, 3.05) is 0 Å². The third-order valence-corrected chi connectivity index (χ3v) is 27.2. The van der Waals surface area contributed by atoms with Crippen LogP contribution in [0.2, 0.25) is 0 Å². The van der Waals surface area contributed by atoms with Crippen molar-refractivity contribution in [2.24, 2.45) is 0 Å². The molecule has 4 aliphatic carbocycles. The van der Waals surface area contributed by atoms with E-state index in [1.807, 2.05) is 109 Å². The van der Waals surface area contributed by atoms with Gasteiger partial charge in [0.1, 0.15) is 44.7 Å². The summed E-state index contributed by atoms with van der Waals surface area (Å²) in [5.74, 6) is 3.37. The van der Waals surface area contributed by atoms with Crippen LogP contribution in [0.4, 0.5) is 0 Å². The summed E-state index contributed by atoms with van der Waals surface area (Å²) in [6, 6.07) is 125. The number of fused-ring (bicyclic) bond motifs is 22. The van der Waals surface area contributed by atoms with Crippen LogP contribution in [0.15, 0.2) is 370 Å². The molecule has 0 unspecified atom stereocenters. The smallest absolute Gasteiger partial charge is 0.167 e. The second-order valence-corrected chi connectivity index (χ2v) is 34.0. The number of aromatic nitrogens is 6. The minimum Gasteiger partial charge on any atom is -0.456 e. The summed E-state index contributed by atoms with van der Waals surface area (Å²) in [7, 11) is 0. The van der Waals surface area contributed by atoms with Gasteiger partial charge in [-0.1, -0.05) is 318 Å². The molecule has 10 heteroatoms. The predicted octanol–water partition coefficient (Wildman–Crippen LogP) is 30.5. The maximum Gasteiger partial charge on any atom is 0.167 e. The van der Waals surface area contributed by atoms with E-state index in [1.54, 1.807) is 0 Å². The highest BCUT2D eigenvalue weighted by Gasteiger charge is 2.45. The van der Waals surface area contributed by atoms with Crippen molar-refractivity contribution in [1.29, 1.82) is 0 Å². The van der Waals surface area contributed by atoms with E-state index in [-0.39, 0.29) is 10.8 Å². The van der Waals surface area contributed by atoms with Crippen molar-refractivity contribution in [1.82, 2.24) is 29.9 Å². The molecule has 124 heavy (non-hydrogen) atoms. The van der Waals surface area contributed by atoms with Crippen LogP contribution in [-0.4, -0.2) is 29.9 Å². The first-order valence-corrected chi connectivity index (χ1v) is 43.4. The quantitative estimate of drug-likeness (QED) is 0.130. The lowest BCUT2D eigenvalue weighted by atomic mass is 9.68. The van der Waals surface area contributed by atoms with Gasteiger partial charge in [-0.15, -0.1) is 0 Å². The second-order valence-electron chi connectivity index (χ2n) is 34.0. The number of para-hydroxylation sites is 6. The van der Waals surface area contributed by atoms with E-state index < -0.39 is 0 Å². The fourth-order valence-corrected chi connectivity index (χ4v) is 21.1. The van der Waals surface area contributed by atoms with Gasteiger partial charge in [-0.3, -0.25) is 0 Å². The first-order chi connectivity index (χ1) is 61.3. The molecule has 0 saturated heterocycles. The number of hydrogen-bond acceptors (Lipinski definition) is 10. The van der Waals surface area contributed by atoms with Gasteiger partial charge in [0.2, 0.25) is 0 Å². The number of hydrogen-bond donors (Lipinski definition) is 0. The monoisotopic (exact) mass is 1590 g/mol. The van der Waals surface area contributed by atoms with Crippen LogP contribution >= 0.6 is 0 Å². The Morgan fingerprint density at radius 1 is 0.169 bits per heavy atom. The third kappa shape index (κ3) is 11.7. The zero-order valence-electron chi connectivity index (χ0n) is 67.9. The van der Waals surface area contributed by atoms with Gasteiger partial charge in [-0.2, -0.15) is 0 Å². The van der Waals surface area contributed by atoms with Crippen LogP contribution in [0.3, 0.4) is 0 Å². The summed E-state index contributed by atoms with van der Waals surface area (Å²) in [5, 5.41) is 8.44. The Bertz CT molecular complexity index is 7790. The molecule has 16 aromatic carbocycles. The standard InChI is InChI=1S/2C57H39N3O2/c1-8-32-57(33-9-1)48-19-5-2-12-40(48)47-34-39(30-31-49(47)57)37-24-22-35(23-25-37)36-26-28-38(29-27-36)54-58-55(45-17-10-15-43-41-13-3-6-20-50(41)61-52(43)45)60-56(59-54)46-18-11-16-44-42-14-4-7-21-51(42)62-53(44)46;1-8-30-57(31-9-1)48-13-5-2-10-42(48)47-32-39(26-29-49(47)57)37-18-16-35(17-19-37)36-20-22-38(23-21-36)54-58-55(40-24-27-45-43-11-3-6-14-50(43)61-52(45)33-40)60-56(59-54)41-25-28-46-44-12-4-7-15-51(44)62-53(46)34-41/h2-7,10-31,34H,1,8-9,32-33H2;2-7,10-29,32-34H,1,8-9,30-31H2. The highest BCUT2D eigenvalue weighted by Crippen LogP contribution is 2.58. The zero-order chi connectivity index (χ0) is 81.6. The molecule has 588 valence electrons. The van der Waals surface area contributed by atoms with Crippen LogP contribution in [0.1, 0.15) is 86.5 Å². The summed E-state index contributed by atoms with van der Waals surface area (Å²) in [4.78, 5) is 30.7. The largest absolute Gasteiger partial charge is 0.456 e. The van der Waals surface area contributed by atoms with E-state index in [1.165, 1.54) is 131 Å². The molecule has 26 rings (SSSR count). The van der Waals surface area contributed by atoms with Gasteiger partial charge >= 0.3 is 0 Å². The van der Waals surface area contributed by atoms with Gasteiger partial charge < -0.3 is 17.7 Å². The first-order valence-electron chi connectivity index (χ1n) is 43.4. The summed E-state index contributed by atoms with van der Waals surface area (Å²) in [5.41, 5.74) is 33.2. The SMILES string of the molecule is c1ccc2c(c1)-c1cc(-c3ccc(-c4ccc(-c5nc(-c6ccc7c(c6)oc6ccccc67)nc(-c6ccc7c(c6)oc6ccccc67)n5)cc4)cc3)ccc1C21CCCCC1.c1ccc2c(c1)-c1cc(-c3ccc(-c4ccc(-c5nc(-c6cccc7c6oc6ccccc67)nc(-c6cccc7c6oc6ccccc67)n5)cc4)cc3)ccc1C21CCCCC1. The Kier molecular flexibility index (Phi) is 16.6. The Hall–Kier alpha value is -15.3. The zero-order valence-corrected chi connectivity index (χ0v) is 67.9. The van der Waals surface area contributed by atoms with Crippen LogP contribution in [0.5, 0.6) is 0 Å². The Morgan fingerprint density at radius 3 is 0.831 bits per heavy atom. The molecule has 6 aromatic heterocycles.